The Bertz CT molecular complexity index is 1560. The topological polar surface area (TPSA) is 51.5 Å². The van der Waals surface area contributed by atoms with E-state index in [4.69, 9.17) is 9.15 Å². The zero-order chi connectivity index (χ0) is 22.9. The van der Waals surface area contributed by atoms with E-state index in [0.29, 0.717) is 0 Å². The number of hydrogen-bond donors (Lipinski definition) is 1. The molecule has 0 saturated carbocycles. The Morgan fingerprint density at radius 2 is 1.50 bits per heavy atom. The van der Waals surface area contributed by atoms with Gasteiger partial charge in [-0.3, -0.25) is 0 Å². The number of ether oxygens (including phenoxy) is 1. The average Bonchev–Trinajstić information content (AvgIpc) is 3.41. The fourth-order valence-electron chi connectivity index (χ4n) is 4.72. The van der Waals surface area contributed by atoms with Crippen LogP contribution in [0.4, 0.5) is 4.79 Å². The number of amides is 1. The molecule has 164 valence electrons. The molecule has 0 unspecified atom stereocenters. The quantitative estimate of drug-likeness (QED) is 0.325. The normalized spacial score (nSPS) is 12.1. The van der Waals surface area contributed by atoms with Crippen molar-refractivity contribution in [3.8, 4) is 23.0 Å². The summed E-state index contributed by atoms with van der Waals surface area (Å²) in [6, 6.07) is 30.4. The van der Waals surface area contributed by atoms with E-state index in [-0.39, 0.29) is 19.1 Å². The lowest BCUT2D eigenvalue weighted by Crippen LogP contribution is -2.26. The molecule has 0 aliphatic heterocycles. The highest BCUT2D eigenvalue weighted by atomic mass is 16.5. The van der Waals surface area contributed by atoms with Crippen LogP contribution in [0.1, 0.15) is 22.6 Å². The first kappa shape index (κ1) is 20.1. The number of alkyl carbamates (subject to hydrolysis) is 1. The van der Waals surface area contributed by atoms with Crippen LogP contribution in [0, 0.1) is 11.8 Å². The molecule has 0 spiro atoms. The number of rotatable bonds is 3. The van der Waals surface area contributed by atoms with Crippen LogP contribution >= 0.6 is 0 Å². The first-order valence-corrected chi connectivity index (χ1v) is 11.3. The van der Waals surface area contributed by atoms with Gasteiger partial charge in [0, 0.05) is 22.3 Å². The Morgan fingerprint density at radius 1 is 0.824 bits per heavy atom. The zero-order valence-electron chi connectivity index (χ0n) is 18.4. The van der Waals surface area contributed by atoms with Gasteiger partial charge < -0.3 is 14.5 Å². The predicted molar refractivity (Wildman–Crippen MR) is 134 cm³/mol. The van der Waals surface area contributed by atoms with E-state index in [1.165, 1.54) is 22.3 Å². The van der Waals surface area contributed by atoms with Gasteiger partial charge in [0.15, 0.2) is 0 Å². The molecule has 5 aromatic rings. The van der Waals surface area contributed by atoms with E-state index < -0.39 is 6.09 Å². The lowest BCUT2D eigenvalue weighted by atomic mass is 9.98. The molecule has 6 rings (SSSR count). The third kappa shape index (κ3) is 3.58. The first-order chi connectivity index (χ1) is 16.8. The second kappa shape index (κ2) is 8.46. The molecule has 1 aromatic heterocycles. The zero-order valence-corrected chi connectivity index (χ0v) is 18.4. The predicted octanol–water partition coefficient (Wildman–Crippen LogP) is 6.48. The van der Waals surface area contributed by atoms with Gasteiger partial charge in [0.2, 0.25) is 0 Å². The van der Waals surface area contributed by atoms with Crippen LogP contribution in [0.15, 0.2) is 95.4 Å². The highest BCUT2D eigenvalue weighted by Crippen LogP contribution is 2.44. The molecule has 34 heavy (non-hydrogen) atoms. The van der Waals surface area contributed by atoms with E-state index >= 15 is 0 Å². The van der Waals surface area contributed by atoms with Gasteiger partial charge >= 0.3 is 6.09 Å². The van der Waals surface area contributed by atoms with Crippen LogP contribution in [-0.2, 0) is 4.74 Å². The summed E-state index contributed by atoms with van der Waals surface area (Å²) in [6.07, 6.45) is -0.465. The Labute approximate surface area is 197 Å². The van der Waals surface area contributed by atoms with Gasteiger partial charge in [-0.1, -0.05) is 78.6 Å². The molecule has 0 fully saturated rings. The van der Waals surface area contributed by atoms with Crippen molar-refractivity contribution in [3.05, 3.63) is 108 Å². The largest absolute Gasteiger partial charge is 0.456 e. The molecule has 1 N–H and O–H groups in total. The number of para-hydroxylation sites is 1. The maximum atomic E-state index is 12.3. The highest BCUT2D eigenvalue weighted by molar-refractivity contribution is 6.05. The molecular formula is C30H21NO3. The lowest BCUT2D eigenvalue weighted by molar-refractivity contribution is 0.144. The van der Waals surface area contributed by atoms with Crippen molar-refractivity contribution in [2.24, 2.45) is 0 Å². The number of fused-ring (bicyclic) bond motifs is 6. The number of hydrogen-bond acceptors (Lipinski definition) is 3. The number of carbonyl (C=O) groups excluding carboxylic acids is 1. The minimum Gasteiger partial charge on any atom is -0.456 e. The minimum atomic E-state index is -0.465. The average molecular weight is 444 g/mol. The standard InChI is InChI=1S/C30H21NO3/c32-30(33-19-27-23-11-3-1-9-21(23)22-10-2-4-12-24(22)27)31-17-7-8-20-15-16-29-26(18-20)25-13-5-6-14-28(25)34-29/h1-6,9-16,18,27H,17,19H2,(H,31,32). The molecule has 0 bridgehead atoms. The van der Waals surface area contributed by atoms with Crippen molar-refractivity contribution < 1.29 is 13.9 Å². The van der Waals surface area contributed by atoms with Crippen LogP contribution in [0.5, 0.6) is 0 Å². The van der Waals surface area contributed by atoms with Gasteiger partial charge in [-0.15, -0.1) is 0 Å². The number of furan rings is 1. The maximum absolute atomic E-state index is 12.3. The molecule has 0 radical (unpaired) electrons. The molecule has 0 atom stereocenters. The van der Waals surface area contributed by atoms with E-state index in [1.54, 1.807) is 0 Å². The van der Waals surface area contributed by atoms with Gasteiger partial charge in [-0.05, 0) is 46.5 Å². The summed E-state index contributed by atoms with van der Waals surface area (Å²) >= 11 is 0. The van der Waals surface area contributed by atoms with Gasteiger partial charge in [0.05, 0.1) is 6.54 Å². The van der Waals surface area contributed by atoms with Crippen LogP contribution in [0.25, 0.3) is 33.1 Å². The van der Waals surface area contributed by atoms with Crippen molar-refractivity contribution in [1.29, 1.82) is 0 Å². The van der Waals surface area contributed by atoms with E-state index in [1.807, 2.05) is 66.7 Å². The summed E-state index contributed by atoms with van der Waals surface area (Å²) in [5.74, 6) is 6.15. The van der Waals surface area contributed by atoms with Crippen LogP contribution in [-0.4, -0.2) is 19.2 Å². The van der Waals surface area contributed by atoms with Gasteiger partial charge in [0.1, 0.15) is 17.8 Å². The Hall–Kier alpha value is -4.49. The van der Waals surface area contributed by atoms with Gasteiger partial charge in [-0.2, -0.15) is 0 Å². The summed E-state index contributed by atoms with van der Waals surface area (Å²) in [4.78, 5) is 12.3. The summed E-state index contributed by atoms with van der Waals surface area (Å²) < 4.78 is 11.4. The highest BCUT2D eigenvalue weighted by Gasteiger charge is 2.28. The van der Waals surface area contributed by atoms with Crippen molar-refractivity contribution in [2.45, 2.75) is 5.92 Å². The van der Waals surface area contributed by atoms with Crippen LogP contribution in [0.3, 0.4) is 0 Å². The third-order valence-corrected chi connectivity index (χ3v) is 6.27. The summed E-state index contributed by atoms with van der Waals surface area (Å²) in [5.41, 5.74) is 7.37. The molecule has 4 nitrogen and oxygen atoms in total. The van der Waals surface area contributed by atoms with Crippen molar-refractivity contribution >= 4 is 28.0 Å². The van der Waals surface area contributed by atoms with Crippen LogP contribution < -0.4 is 5.32 Å². The monoisotopic (exact) mass is 443 g/mol. The van der Waals surface area contributed by atoms with E-state index in [2.05, 4.69) is 41.4 Å². The lowest BCUT2D eigenvalue weighted by Gasteiger charge is -2.14. The SMILES string of the molecule is O=C(NCC#Cc1ccc2oc3ccccc3c2c1)OCC1c2ccccc2-c2ccccc21. The second-order valence-corrected chi connectivity index (χ2v) is 8.29. The molecule has 0 saturated heterocycles. The summed E-state index contributed by atoms with van der Waals surface area (Å²) in [7, 11) is 0. The van der Waals surface area contributed by atoms with Crippen molar-refractivity contribution in [1.82, 2.24) is 5.32 Å². The Balaban J connectivity index is 1.09. The fraction of sp³-hybridized carbons (Fsp3) is 0.100. The smallest absolute Gasteiger partial charge is 0.407 e. The third-order valence-electron chi connectivity index (χ3n) is 6.27. The van der Waals surface area contributed by atoms with Crippen molar-refractivity contribution in [2.75, 3.05) is 13.2 Å². The maximum Gasteiger partial charge on any atom is 0.407 e. The summed E-state index contributed by atoms with van der Waals surface area (Å²) in [5, 5.41) is 4.83. The van der Waals surface area contributed by atoms with Gasteiger partial charge in [0.25, 0.3) is 0 Å². The van der Waals surface area contributed by atoms with E-state index in [0.717, 1.165) is 27.5 Å². The molecule has 1 aliphatic rings. The molecule has 1 heterocycles. The minimum absolute atomic E-state index is 0.0424. The number of benzene rings is 4. The summed E-state index contributed by atoms with van der Waals surface area (Å²) in [6.45, 7) is 0.498. The van der Waals surface area contributed by atoms with E-state index in [9.17, 15) is 4.79 Å². The number of nitrogens with one attached hydrogen (secondary N) is 1. The molecule has 4 aromatic carbocycles. The molecule has 1 amide bonds. The molecular weight excluding hydrogens is 422 g/mol. The molecule has 1 aliphatic carbocycles. The van der Waals surface area contributed by atoms with Crippen molar-refractivity contribution in [3.63, 3.8) is 0 Å². The Kier molecular flexibility index (Phi) is 5.01. The second-order valence-electron chi connectivity index (χ2n) is 8.29. The van der Waals surface area contributed by atoms with Gasteiger partial charge in [-0.25, -0.2) is 4.79 Å². The first-order valence-electron chi connectivity index (χ1n) is 11.3. The fourth-order valence-corrected chi connectivity index (χ4v) is 4.72. The number of carbonyl (C=O) groups is 1. The molecule has 4 heteroatoms. The van der Waals surface area contributed by atoms with Crippen LogP contribution in [0.2, 0.25) is 0 Å². The Morgan fingerprint density at radius 3 is 2.29 bits per heavy atom.